The molecule has 3 aromatic rings. The van der Waals surface area contributed by atoms with Gasteiger partial charge in [0.05, 0.1) is 15.6 Å². The molecular formula is C19H18N4O6S2. The molecule has 1 saturated heterocycles. The zero-order chi connectivity index (χ0) is 22.0. The largest absolute Gasteiger partial charge is 0.431 e. The van der Waals surface area contributed by atoms with Crippen molar-refractivity contribution in [2.24, 2.45) is 0 Å². The predicted octanol–water partition coefficient (Wildman–Crippen LogP) is 2.36. The first-order valence-corrected chi connectivity index (χ1v) is 11.8. The van der Waals surface area contributed by atoms with Crippen molar-refractivity contribution in [3.63, 3.8) is 0 Å². The van der Waals surface area contributed by atoms with Crippen LogP contribution in [0.25, 0.3) is 11.1 Å². The quantitative estimate of drug-likeness (QED) is 0.310. The Morgan fingerprint density at radius 3 is 2.58 bits per heavy atom. The van der Waals surface area contributed by atoms with Gasteiger partial charge in [-0.2, -0.15) is 4.31 Å². The summed E-state index contributed by atoms with van der Waals surface area (Å²) in [5, 5.41) is 11.3. The van der Waals surface area contributed by atoms with Gasteiger partial charge in [0.15, 0.2) is 5.58 Å². The Labute approximate surface area is 182 Å². The Morgan fingerprint density at radius 2 is 1.87 bits per heavy atom. The van der Waals surface area contributed by atoms with E-state index in [1.165, 1.54) is 34.3 Å². The number of nitro groups is 1. The van der Waals surface area contributed by atoms with Crippen molar-refractivity contribution in [2.75, 3.05) is 31.9 Å². The van der Waals surface area contributed by atoms with Gasteiger partial charge in [0.2, 0.25) is 15.9 Å². The summed E-state index contributed by atoms with van der Waals surface area (Å²) in [6.45, 7) is 0.705. The monoisotopic (exact) mass is 462 g/mol. The molecule has 0 atom stereocenters. The third-order valence-corrected chi connectivity index (χ3v) is 7.56. The van der Waals surface area contributed by atoms with Crippen molar-refractivity contribution in [2.45, 2.75) is 10.1 Å². The lowest BCUT2D eigenvalue weighted by Gasteiger charge is -2.33. The minimum atomic E-state index is -3.88. The fraction of sp³-hybridized carbons (Fsp3) is 0.263. The molecule has 1 fully saturated rings. The zero-order valence-electron chi connectivity index (χ0n) is 16.2. The molecule has 4 rings (SSSR count). The van der Waals surface area contributed by atoms with Crippen LogP contribution in [0.4, 0.5) is 5.69 Å². The fourth-order valence-electron chi connectivity index (χ4n) is 3.21. The number of benzene rings is 2. The van der Waals surface area contributed by atoms with Gasteiger partial charge >= 0.3 is 0 Å². The highest BCUT2D eigenvalue weighted by Crippen LogP contribution is 2.25. The first-order valence-electron chi connectivity index (χ1n) is 9.35. The summed E-state index contributed by atoms with van der Waals surface area (Å²) in [5.41, 5.74) is 1.08. The van der Waals surface area contributed by atoms with Crippen LogP contribution in [0.15, 0.2) is 63.1 Å². The van der Waals surface area contributed by atoms with Crippen molar-refractivity contribution < 1.29 is 22.6 Å². The highest BCUT2D eigenvalue weighted by atomic mass is 32.2. The van der Waals surface area contributed by atoms with E-state index in [9.17, 15) is 23.3 Å². The van der Waals surface area contributed by atoms with E-state index in [0.29, 0.717) is 10.8 Å². The van der Waals surface area contributed by atoms with Gasteiger partial charge in [-0.05, 0) is 18.2 Å². The standard InChI is InChI=1S/C19H18N4O6S2/c24-18(13-30-19-20-16-6-1-2-7-17(16)29-19)21-8-10-22(11-9-21)31(27,28)15-5-3-4-14(12-15)23(25)26/h1-7,12H,8-11,13H2. The molecule has 31 heavy (non-hydrogen) atoms. The van der Waals surface area contributed by atoms with Crippen LogP contribution in [0, 0.1) is 10.1 Å². The number of non-ortho nitro benzene ring substituents is 1. The lowest BCUT2D eigenvalue weighted by atomic mass is 10.3. The second-order valence-electron chi connectivity index (χ2n) is 6.78. The minimum Gasteiger partial charge on any atom is -0.431 e. The molecule has 1 aliphatic heterocycles. The van der Waals surface area contributed by atoms with Crippen LogP contribution in [0.2, 0.25) is 0 Å². The number of oxazole rings is 1. The molecule has 0 unspecified atom stereocenters. The Kier molecular flexibility index (Phi) is 5.94. The molecule has 10 nitrogen and oxygen atoms in total. The van der Waals surface area contributed by atoms with Crippen LogP contribution in [0.3, 0.4) is 0 Å². The number of carbonyl (C=O) groups is 1. The Balaban J connectivity index is 1.34. The Bertz CT molecular complexity index is 1200. The number of fused-ring (bicyclic) bond motifs is 1. The van der Waals surface area contributed by atoms with E-state index in [-0.39, 0.29) is 48.4 Å². The topological polar surface area (TPSA) is 127 Å². The number of hydrogen-bond donors (Lipinski definition) is 0. The summed E-state index contributed by atoms with van der Waals surface area (Å²) in [4.78, 5) is 28.6. The average molecular weight is 463 g/mol. The maximum atomic E-state index is 12.8. The highest BCUT2D eigenvalue weighted by molar-refractivity contribution is 7.99. The van der Waals surface area contributed by atoms with E-state index in [2.05, 4.69) is 4.98 Å². The third-order valence-electron chi connectivity index (χ3n) is 4.85. The van der Waals surface area contributed by atoms with Gasteiger partial charge in [-0.3, -0.25) is 14.9 Å². The van der Waals surface area contributed by atoms with Gasteiger partial charge in [-0.25, -0.2) is 13.4 Å². The molecule has 1 aliphatic rings. The van der Waals surface area contributed by atoms with Crippen molar-refractivity contribution in [3.8, 4) is 0 Å². The van der Waals surface area contributed by atoms with Gasteiger partial charge in [0.25, 0.3) is 10.9 Å². The molecule has 162 valence electrons. The first kappa shape index (κ1) is 21.3. The van der Waals surface area contributed by atoms with Gasteiger partial charge < -0.3 is 9.32 Å². The van der Waals surface area contributed by atoms with Crippen molar-refractivity contribution in [3.05, 3.63) is 58.6 Å². The maximum Gasteiger partial charge on any atom is 0.270 e. The maximum absolute atomic E-state index is 12.8. The van der Waals surface area contributed by atoms with Gasteiger partial charge in [0.1, 0.15) is 5.52 Å². The normalized spacial score (nSPS) is 15.3. The smallest absolute Gasteiger partial charge is 0.270 e. The third kappa shape index (κ3) is 4.55. The summed E-state index contributed by atoms with van der Waals surface area (Å²) in [6.07, 6.45) is 0. The van der Waals surface area contributed by atoms with E-state index < -0.39 is 14.9 Å². The molecule has 0 bridgehead atoms. The fourth-order valence-corrected chi connectivity index (χ4v) is 5.42. The van der Waals surface area contributed by atoms with Crippen LogP contribution in [0.1, 0.15) is 0 Å². The lowest BCUT2D eigenvalue weighted by Crippen LogP contribution is -2.50. The molecule has 1 aromatic heterocycles. The van der Waals surface area contributed by atoms with Crippen LogP contribution in [-0.4, -0.2) is 65.4 Å². The van der Waals surface area contributed by atoms with Crippen molar-refractivity contribution in [1.29, 1.82) is 0 Å². The summed E-state index contributed by atoms with van der Waals surface area (Å²) in [7, 11) is -3.88. The lowest BCUT2D eigenvalue weighted by molar-refractivity contribution is -0.385. The number of nitrogens with zero attached hydrogens (tertiary/aromatic N) is 4. The number of hydrogen-bond acceptors (Lipinski definition) is 8. The second-order valence-corrected chi connectivity index (χ2v) is 9.64. The molecular weight excluding hydrogens is 444 g/mol. The Morgan fingerprint density at radius 1 is 1.13 bits per heavy atom. The summed E-state index contributed by atoms with van der Waals surface area (Å²) in [6, 6.07) is 12.3. The summed E-state index contributed by atoms with van der Waals surface area (Å²) in [5.74, 6) is -0.00979. The molecule has 0 N–H and O–H groups in total. The number of nitro benzene ring substituents is 1. The van der Waals surface area contributed by atoms with Crippen LogP contribution in [-0.2, 0) is 14.8 Å². The minimum absolute atomic E-state index is 0.115. The van der Waals surface area contributed by atoms with Crippen LogP contribution < -0.4 is 0 Å². The summed E-state index contributed by atoms with van der Waals surface area (Å²) >= 11 is 1.19. The molecule has 12 heteroatoms. The molecule has 1 amide bonds. The average Bonchev–Trinajstić information content (AvgIpc) is 3.20. The SMILES string of the molecule is O=C(CSc1nc2ccccc2o1)N1CCN(S(=O)(=O)c2cccc([N+](=O)[O-])c2)CC1. The molecule has 0 aliphatic carbocycles. The molecule has 0 saturated carbocycles. The number of thioether (sulfide) groups is 1. The van der Waals surface area contributed by atoms with Crippen molar-refractivity contribution in [1.82, 2.24) is 14.2 Å². The van der Waals surface area contributed by atoms with E-state index in [1.807, 2.05) is 18.2 Å². The number of carbonyl (C=O) groups excluding carboxylic acids is 1. The number of aromatic nitrogens is 1. The van der Waals surface area contributed by atoms with Gasteiger partial charge in [0, 0.05) is 38.3 Å². The highest BCUT2D eigenvalue weighted by Gasteiger charge is 2.31. The molecule has 0 radical (unpaired) electrons. The molecule has 0 spiro atoms. The second kappa shape index (κ2) is 8.65. The number of amides is 1. The number of para-hydroxylation sites is 2. The Hall–Kier alpha value is -2.96. The predicted molar refractivity (Wildman–Crippen MR) is 113 cm³/mol. The van der Waals surface area contributed by atoms with E-state index in [0.717, 1.165) is 11.6 Å². The van der Waals surface area contributed by atoms with Crippen LogP contribution >= 0.6 is 11.8 Å². The van der Waals surface area contributed by atoms with E-state index in [1.54, 1.807) is 11.0 Å². The number of piperazine rings is 1. The van der Waals surface area contributed by atoms with E-state index in [4.69, 9.17) is 4.42 Å². The molecule has 2 heterocycles. The number of rotatable bonds is 6. The first-order chi connectivity index (χ1) is 14.8. The molecule has 2 aromatic carbocycles. The van der Waals surface area contributed by atoms with Crippen LogP contribution in [0.5, 0.6) is 0 Å². The van der Waals surface area contributed by atoms with Gasteiger partial charge in [-0.15, -0.1) is 0 Å². The zero-order valence-corrected chi connectivity index (χ0v) is 17.8. The van der Waals surface area contributed by atoms with E-state index >= 15 is 0 Å². The summed E-state index contributed by atoms with van der Waals surface area (Å²) < 4.78 is 32.4. The van der Waals surface area contributed by atoms with Crippen molar-refractivity contribution >= 4 is 44.5 Å². The van der Waals surface area contributed by atoms with Gasteiger partial charge in [-0.1, -0.05) is 30.0 Å². The number of sulfonamides is 1.